The molecular weight excluding hydrogens is 234 g/mol. The molecule has 1 unspecified atom stereocenters. The number of ether oxygens (including phenoxy) is 1. The van der Waals surface area contributed by atoms with Gasteiger partial charge in [0.15, 0.2) is 0 Å². The first kappa shape index (κ1) is 13.6. The minimum Gasteiger partial charge on any atom is -0.486 e. The normalized spacial score (nSPS) is 13.1. The van der Waals surface area contributed by atoms with Gasteiger partial charge in [0.25, 0.3) is 0 Å². The van der Waals surface area contributed by atoms with Crippen LogP contribution in [0.15, 0.2) is 48.8 Å². The summed E-state index contributed by atoms with van der Waals surface area (Å²) in [6.45, 7) is 8.67. The molecule has 2 heteroatoms. The fraction of sp³-hybridized carbons (Fsp3) is 0.353. The number of pyridine rings is 1. The van der Waals surface area contributed by atoms with Gasteiger partial charge in [0, 0.05) is 12.4 Å². The van der Waals surface area contributed by atoms with E-state index in [0.29, 0.717) is 0 Å². The lowest BCUT2D eigenvalue weighted by molar-refractivity contribution is 0.226. The van der Waals surface area contributed by atoms with E-state index in [1.165, 1.54) is 5.56 Å². The van der Waals surface area contributed by atoms with Crippen molar-refractivity contribution in [2.24, 2.45) is 0 Å². The Balaban J connectivity index is 2.16. The van der Waals surface area contributed by atoms with Crippen molar-refractivity contribution in [3.8, 4) is 5.75 Å². The Morgan fingerprint density at radius 3 is 2.37 bits per heavy atom. The highest BCUT2D eigenvalue weighted by molar-refractivity contribution is 5.33. The fourth-order valence-corrected chi connectivity index (χ4v) is 1.94. The van der Waals surface area contributed by atoms with Crippen LogP contribution in [0.1, 0.15) is 44.9 Å². The van der Waals surface area contributed by atoms with Gasteiger partial charge in [-0.3, -0.25) is 4.98 Å². The van der Waals surface area contributed by atoms with Gasteiger partial charge in [0.05, 0.1) is 0 Å². The summed E-state index contributed by atoms with van der Waals surface area (Å²) >= 11 is 0. The zero-order valence-corrected chi connectivity index (χ0v) is 12.1. The minimum atomic E-state index is 0.0261. The summed E-state index contributed by atoms with van der Waals surface area (Å²) in [6, 6.07) is 12.3. The lowest BCUT2D eigenvalue weighted by Gasteiger charge is -2.21. The second-order valence-electron chi connectivity index (χ2n) is 5.82. The minimum absolute atomic E-state index is 0.0261. The summed E-state index contributed by atoms with van der Waals surface area (Å²) in [5.41, 5.74) is 2.56. The van der Waals surface area contributed by atoms with Crippen LogP contribution in [0.2, 0.25) is 0 Å². The van der Waals surface area contributed by atoms with E-state index in [9.17, 15) is 0 Å². The van der Waals surface area contributed by atoms with E-state index < -0.39 is 0 Å². The van der Waals surface area contributed by atoms with Crippen molar-refractivity contribution >= 4 is 0 Å². The quantitative estimate of drug-likeness (QED) is 0.804. The van der Waals surface area contributed by atoms with Crippen molar-refractivity contribution in [1.29, 1.82) is 0 Å². The molecular formula is C17H21NO. The third kappa shape index (κ3) is 3.57. The molecule has 1 heterocycles. The zero-order chi connectivity index (χ0) is 13.9. The van der Waals surface area contributed by atoms with E-state index in [4.69, 9.17) is 4.74 Å². The average Bonchev–Trinajstić information content (AvgIpc) is 2.39. The molecule has 1 aromatic heterocycles. The molecule has 0 bridgehead atoms. The van der Waals surface area contributed by atoms with Gasteiger partial charge in [0.1, 0.15) is 11.9 Å². The molecule has 19 heavy (non-hydrogen) atoms. The molecule has 0 fully saturated rings. The molecule has 0 aliphatic heterocycles. The van der Waals surface area contributed by atoms with Crippen molar-refractivity contribution in [1.82, 2.24) is 4.98 Å². The molecule has 1 aromatic carbocycles. The summed E-state index contributed by atoms with van der Waals surface area (Å²) in [5, 5.41) is 0. The number of nitrogens with zero attached hydrogens (tertiary/aromatic N) is 1. The predicted molar refractivity (Wildman–Crippen MR) is 78.4 cm³/mol. The Kier molecular flexibility index (Phi) is 3.89. The molecule has 0 spiro atoms. The highest BCUT2D eigenvalue weighted by atomic mass is 16.5. The second kappa shape index (κ2) is 5.43. The van der Waals surface area contributed by atoms with Crippen molar-refractivity contribution in [2.45, 2.75) is 39.2 Å². The van der Waals surface area contributed by atoms with Gasteiger partial charge in [-0.2, -0.15) is 0 Å². The third-order valence-corrected chi connectivity index (χ3v) is 3.19. The van der Waals surface area contributed by atoms with Gasteiger partial charge in [-0.15, -0.1) is 0 Å². The Morgan fingerprint density at radius 1 is 1.05 bits per heavy atom. The molecule has 0 aliphatic rings. The average molecular weight is 255 g/mol. The molecule has 2 rings (SSSR count). The zero-order valence-electron chi connectivity index (χ0n) is 12.1. The molecule has 0 aliphatic carbocycles. The largest absolute Gasteiger partial charge is 0.486 e. The van der Waals surface area contributed by atoms with Crippen LogP contribution < -0.4 is 4.74 Å². The third-order valence-electron chi connectivity index (χ3n) is 3.19. The second-order valence-corrected chi connectivity index (χ2v) is 5.82. The summed E-state index contributed by atoms with van der Waals surface area (Å²) in [7, 11) is 0. The summed E-state index contributed by atoms with van der Waals surface area (Å²) in [4.78, 5) is 4.03. The van der Waals surface area contributed by atoms with Gasteiger partial charge >= 0.3 is 0 Å². The van der Waals surface area contributed by atoms with E-state index in [1.54, 1.807) is 12.4 Å². The Labute approximate surface area is 115 Å². The molecule has 0 saturated heterocycles. The Hall–Kier alpha value is -1.83. The smallest absolute Gasteiger partial charge is 0.121 e. The van der Waals surface area contributed by atoms with Gasteiger partial charge in [-0.05, 0) is 47.7 Å². The number of benzene rings is 1. The van der Waals surface area contributed by atoms with Crippen LogP contribution in [0.3, 0.4) is 0 Å². The SMILES string of the molecule is CC(Oc1cccc(C(C)(C)C)c1)c1ccncc1. The molecule has 2 nitrogen and oxygen atoms in total. The van der Waals surface area contributed by atoms with Crippen LogP contribution in [0.25, 0.3) is 0 Å². The number of aromatic nitrogens is 1. The fourth-order valence-electron chi connectivity index (χ4n) is 1.94. The van der Waals surface area contributed by atoms with E-state index in [0.717, 1.165) is 11.3 Å². The number of rotatable bonds is 3. The lowest BCUT2D eigenvalue weighted by atomic mass is 9.87. The highest BCUT2D eigenvalue weighted by Crippen LogP contribution is 2.28. The lowest BCUT2D eigenvalue weighted by Crippen LogP contribution is -2.11. The van der Waals surface area contributed by atoms with Gasteiger partial charge in [-0.1, -0.05) is 32.9 Å². The first-order valence-electron chi connectivity index (χ1n) is 6.64. The van der Waals surface area contributed by atoms with Gasteiger partial charge in [0.2, 0.25) is 0 Å². The first-order chi connectivity index (χ1) is 8.97. The van der Waals surface area contributed by atoms with Crippen LogP contribution in [0.4, 0.5) is 0 Å². The molecule has 2 aromatic rings. The summed E-state index contributed by atoms with van der Waals surface area (Å²) < 4.78 is 6.01. The number of hydrogen-bond acceptors (Lipinski definition) is 2. The topological polar surface area (TPSA) is 22.1 Å². The summed E-state index contributed by atoms with van der Waals surface area (Å²) in [6.07, 6.45) is 3.61. The summed E-state index contributed by atoms with van der Waals surface area (Å²) in [5.74, 6) is 0.914. The van der Waals surface area contributed by atoms with Crippen LogP contribution >= 0.6 is 0 Å². The van der Waals surface area contributed by atoms with E-state index >= 15 is 0 Å². The van der Waals surface area contributed by atoms with Crippen molar-refractivity contribution < 1.29 is 4.74 Å². The van der Waals surface area contributed by atoms with Crippen molar-refractivity contribution in [3.05, 3.63) is 59.9 Å². The maximum absolute atomic E-state index is 6.01. The van der Waals surface area contributed by atoms with Crippen molar-refractivity contribution in [2.75, 3.05) is 0 Å². The predicted octanol–water partition coefficient (Wildman–Crippen LogP) is 4.52. The molecule has 0 N–H and O–H groups in total. The maximum Gasteiger partial charge on any atom is 0.121 e. The Morgan fingerprint density at radius 2 is 1.74 bits per heavy atom. The Bertz CT molecular complexity index is 528. The molecule has 0 radical (unpaired) electrons. The van der Waals surface area contributed by atoms with Crippen molar-refractivity contribution in [3.63, 3.8) is 0 Å². The molecule has 100 valence electrons. The maximum atomic E-state index is 6.01. The van der Waals surface area contributed by atoms with Crippen LogP contribution in [0.5, 0.6) is 5.75 Å². The number of hydrogen-bond donors (Lipinski definition) is 0. The van der Waals surface area contributed by atoms with Gasteiger partial charge < -0.3 is 4.74 Å². The molecule has 1 atom stereocenters. The molecule has 0 saturated carbocycles. The van der Waals surface area contributed by atoms with E-state index in [1.807, 2.05) is 18.2 Å². The van der Waals surface area contributed by atoms with Crippen LogP contribution in [0, 0.1) is 0 Å². The van der Waals surface area contributed by atoms with Crippen LogP contribution in [-0.2, 0) is 5.41 Å². The van der Waals surface area contributed by atoms with Crippen LogP contribution in [-0.4, -0.2) is 4.98 Å². The monoisotopic (exact) mass is 255 g/mol. The first-order valence-corrected chi connectivity index (χ1v) is 6.64. The highest BCUT2D eigenvalue weighted by Gasteiger charge is 2.15. The molecule has 0 amide bonds. The van der Waals surface area contributed by atoms with E-state index in [-0.39, 0.29) is 11.5 Å². The van der Waals surface area contributed by atoms with E-state index in [2.05, 4.69) is 50.9 Å². The standard InChI is InChI=1S/C17H21NO/c1-13(14-8-10-18-11-9-14)19-16-7-5-6-15(12-16)17(2,3)4/h5-13H,1-4H3. The van der Waals surface area contributed by atoms with Gasteiger partial charge in [-0.25, -0.2) is 0 Å².